The lowest BCUT2D eigenvalue weighted by Gasteiger charge is -1.87. The van der Waals surface area contributed by atoms with Gasteiger partial charge in [-0.2, -0.15) is 0 Å². The molecule has 56 valence electrons. The molecule has 0 unspecified atom stereocenters. The van der Waals surface area contributed by atoms with Gasteiger partial charge in [-0.25, -0.2) is 4.98 Å². The topological polar surface area (TPSA) is 12.9 Å². The van der Waals surface area contributed by atoms with Gasteiger partial charge in [0, 0.05) is 5.38 Å². The molecule has 0 amide bonds. The molecule has 0 saturated heterocycles. The summed E-state index contributed by atoms with van der Waals surface area (Å²) in [7, 11) is 0. The van der Waals surface area contributed by atoms with Gasteiger partial charge < -0.3 is 0 Å². The Morgan fingerprint density at radius 2 is 2.30 bits per heavy atom. The van der Waals surface area contributed by atoms with Crippen LogP contribution in [0.5, 0.6) is 0 Å². The maximum atomic E-state index is 4.44. The molecule has 2 heteroatoms. The first-order valence-electron chi connectivity index (χ1n) is 3.80. The summed E-state index contributed by atoms with van der Waals surface area (Å²) in [4.78, 5) is 4.44. The van der Waals surface area contributed by atoms with E-state index in [0.29, 0.717) is 0 Å². The van der Waals surface area contributed by atoms with Crippen molar-refractivity contribution in [1.82, 2.24) is 4.98 Å². The third kappa shape index (κ3) is 1.81. The van der Waals surface area contributed by atoms with Gasteiger partial charge in [0.1, 0.15) is 0 Å². The Bertz CT molecular complexity index is 193. The summed E-state index contributed by atoms with van der Waals surface area (Å²) in [5.41, 5.74) is 1.27. The van der Waals surface area contributed by atoms with Gasteiger partial charge in [0.05, 0.1) is 10.7 Å². The van der Waals surface area contributed by atoms with Crippen molar-refractivity contribution in [2.75, 3.05) is 0 Å². The molecule has 0 atom stereocenters. The highest BCUT2D eigenvalue weighted by Crippen LogP contribution is 2.11. The molecular formula is C8H13NS. The van der Waals surface area contributed by atoms with Crippen molar-refractivity contribution in [2.24, 2.45) is 0 Å². The summed E-state index contributed by atoms with van der Waals surface area (Å²) < 4.78 is 0. The van der Waals surface area contributed by atoms with Crippen molar-refractivity contribution in [2.45, 2.75) is 33.1 Å². The molecule has 1 aromatic rings. The van der Waals surface area contributed by atoms with Crippen molar-refractivity contribution in [3.05, 3.63) is 16.1 Å². The van der Waals surface area contributed by atoms with Crippen LogP contribution in [0.1, 0.15) is 31.0 Å². The Morgan fingerprint density at radius 3 is 2.80 bits per heavy atom. The summed E-state index contributed by atoms with van der Waals surface area (Å²) in [6.07, 6.45) is 3.41. The van der Waals surface area contributed by atoms with E-state index in [1.54, 1.807) is 11.3 Å². The zero-order chi connectivity index (χ0) is 7.40. The maximum absolute atomic E-state index is 4.44. The number of aryl methyl sites for hydroxylation is 2. The van der Waals surface area contributed by atoms with Crippen molar-refractivity contribution >= 4 is 11.3 Å². The molecule has 1 nitrogen and oxygen atoms in total. The Kier molecular flexibility index (Phi) is 2.87. The number of hydrogen-bond acceptors (Lipinski definition) is 2. The second-order valence-corrected chi connectivity index (χ2v) is 3.28. The monoisotopic (exact) mass is 155 g/mol. The highest BCUT2D eigenvalue weighted by Gasteiger charge is 1.96. The quantitative estimate of drug-likeness (QED) is 0.654. The molecule has 0 bridgehead atoms. The standard InChI is InChI=1S/C8H13NS/c1-3-5-7-6-10-8(4-2)9-7/h6H,3-5H2,1-2H3. The molecule has 0 fully saturated rings. The fourth-order valence-electron chi connectivity index (χ4n) is 0.882. The van der Waals surface area contributed by atoms with Gasteiger partial charge in [-0.15, -0.1) is 11.3 Å². The Hall–Kier alpha value is -0.370. The van der Waals surface area contributed by atoms with E-state index in [9.17, 15) is 0 Å². The molecule has 0 aliphatic rings. The van der Waals surface area contributed by atoms with Crippen LogP contribution in [-0.2, 0) is 12.8 Å². The van der Waals surface area contributed by atoms with E-state index in [2.05, 4.69) is 24.2 Å². The lowest BCUT2D eigenvalue weighted by Crippen LogP contribution is -1.83. The summed E-state index contributed by atoms with van der Waals surface area (Å²) in [5, 5.41) is 3.44. The first kappa shape index (κ1) is 7.73. The van der Waals surface area contributed by atoms with E-state index in [4.69, 9.17) is 0 Å². The van der Waals surface area contributed by atoms with E-state index in [1.165, 1.54) is 17.1 Å². The number of aromatic nitrogens is 1. The molecular weight excluding hydrogens is 142 g/mol. The van der Waals surface area contributed by atoms with E-state index in [0.717, 1.165) is 12.8 Å². The second kappa shape index (κ2) is 3.71. The average Bonchev–Trinajstić information content (AvgIpc) is 2.37. The summed E-state index contributed by atoms with van der Waals surface area (Å²) in [6.45, 7) is 4.33. The largest absolute Gasteiger partial charge is 0.246 e. The number of nitrogens with zero attached hydrogens (tertiary/aromatic N) is 1. The highest BCUT2D eigenvalue weighted by molar-refractivity contribution is 7.09. The van der Waals surface area contributed by atoms with Crippen molar-refractivity contribution in [3.63, 3.8) is 0 Å². The molecule has 1 rings (SSSR count). The minimum absolute atomic E-state index is 1.08. The van der Waals surface area contributed by atoms with Gasteiger partial charge in [0.15, 0.2) is 0 Å². The van der Waals surface area contributed by atoms with Gasteiger partial charge in [-0.1, -0.05) is 20.3 Å². The van der Waals surface area contributed by atoms with Crippen molar-refractivity contribution in [1.29, 1.82) is 0 Å². The normalized spacial score (nSPS) is 10.2. The van der Waals surface area contributed by atoms with Crippen LogP contribution >= 0.6 is 11.3 Å². The van der Waals surface area contributed by atoms with Gasteiger partial charge in [0.2, 0.25) is 0 Å². The van der Waals surface area contributed by atoms with Crippen LogP contribution in [0.25, 0.3) is 0 Å². The Morgan fingerprint density at radius 1 is 1.50 bits per heavy atom. The average molecular weight is 155 g/mol. The van der Waals surface area contributed by atoms with Crippen LogP contribution in [0.3, 0.4) is 0 Å². The SMILES string of the molecule is CCCc1csc(CC)n1. The van der Waals surface area contributed by atoms with Gasteiger partial charge in [-0.05, 0) is 12.8 Å². The smallest absolute Gasteiger partial charge is 0.0925 e. The molecule has 1 aromatic heterocycles. The molecule has 0 N–H and O–H groups in total. The van der Waals surface area contributed by atoms with E-state index in [1.807, 2.05) is 0 Å². The highest BCUT2D eigenvalue weighted by atomic mass is 32.1. The molecule has 0 aromatic carbocycles. The number of rotatable bonds is 3. The zero-order valence-electron chi connectivity index (χ0n) is 6.55. The summed E-state index contributed by atoms with van der Waals surface area (Å²) in [5.74, 6) is 0. The molecule has 0 spiro atoms. The number of thiazole rings is 1. The minimum atomic E-state index is 1.08. The third-order valence-electron chi connectivity index (χ3n) is 1.41. The number of hydrogen-bond donors (Lipinski definition) is 0. The fourth-order valence-corrected chi connectivity index (χ4v) is 1.66. The summed E-state index contributed by atoms with van der Waals surface area (Å²) >= 11 is 1.78. The van der Waals surface area contributed by atoms with Crippen molar-refractivity contribution in [3.8, 4) is 0 Å². The van der Waals surface area contributed by atoms with Gasteiger partial charge >= 0.3 is 0 Å². The first-order chi connectivity index (χ1) is 4.86. The van der Waals surface area contributed by atoms with Crippen LogP contribution in [0.2, 0.25) is 0 Å². The van der Waals surface area contributed by atoms with Crippen LogP contribution in [0.15, 0.2) is 5.38 Å². The second-order valence-electron chi connectivity index (χ2n) is 2.34. The Labute approximate surface area is 66.1 Å². The summed E-state index contributed by atoms with van der Waals surface area (Å²) in [6, 6.07) is 0. The maximum Gasteiger partial charge on any atom is 0.0925 e. The van der Waals surface area contributed by atoms with Gasteiger partial charge in [-0.3, -0.25) is 0 Å². The minimum Gasteiger partial charge on any atom is -0.246 e. The molecule has 10 heavy (non-hydrogen) atoms. The van der Waals surface area contributed by atoms with E-state index < -0.39 is 0 Å². The lowest BCUT2D eigenvalue weighted by molar-refractivity contribution is 0.881. The molecule has 0 aliphatic heterocycles. The molecule has 0 saturated carbocycles. The third-order valence-corrected chi connectivity index (χ3v) is 2.45. The first-order valence-corrected chi connectivity index (χ1v) is 4.68. The molecule has 0 aliphatic carbocycles. The Balaban J connectivity index is 2.59. The lowest BCUT2D eigenvalue weighted by atomic mass is 10.3. The predicted molar refractivity (Wildman–Crippen MR) is 45.5 cm³/mol. The van der Waals surface area contributed by atoms with E-state index >= 15 is 0 Å². The fraction of sp³-hybridized carbons (Fsp3) is 0.625. The molecule has 0 radical (unpaired) electrons. The van der Waals surface area contributed by atoms with Gasteiger partial charge in [0.25, 0.3) is 0 Å². The zero-order valence-corrected chi connectivity index (χ0v) is 7.37. The van der Waals surface area contributed by atoms with Crippen molar-refractivity contribution < 1.29 is 0 Å². The van der Waals surface area contributed by atoms with Crippen LogP contribution in [0.4, 0.5) is 0 Å². The molecule has 1 heterocycles. The van der Waals surface area contributed by atoms with Crippen LogP contribution < -0.4 is 0 Å². The van der Waals surface area contributed by atoms with Crippen LogP contribution in [-0.4, -0.2) is 4.98 Å². The van der Waals surface area contributed by atoms with E-state index in [-0.39, 0.29) is 0 Å². The van der Waals surface area contributed by atoms with Crippen LogP contribution in [0, 0.1) is 0 Å². The predicted octanol–water partition coefficient (Wildman–Crippen LogP) is 2.66.